The molecule has 3 rings (SSSR count). The van der Waals surface area contributed by atoms with Gasteiger partial charge in [0, 0.05) is 44.5 Å². The Hall–Kier alpha value is -2.65. The standard InChI is InChI=1S/C19H21FN4O/c1-25-19-16(13-21)18(7-8-22-19)24-10-4-9-23(11-12-24)14-15-5-2-3-6-17(15)20/h2-3,5-8H,4,9-12,14H2,1H3. The van der Waals surface area contributed by atoms with Crippen LogP contribution in [0.25, 0.3) is 0 Å². The minimum atomic E-state index is -0.158. The number of rotatable bonds is 4. The molecular weight excluding hydrogens is 319 g/mol. The molecule has 0 bridgehead atoms. The summed E-state index contributed by atoms with van der Waals surface area (Å²) in [6.45, 7) is 3.93. The van der Waals surface area contributed by atoms with Crippen LogP contribution in [0.1, 0.15) is 17.5 Å². The SMILES string of the molecule is COc1nccc(N2CCCN(Cc3ccccc3F)CC2)c1C#N. The molecule has 1 aliphatic rings. The Morgan fingerprint density at radius 3 is 2.80 bits per heavy atom. The van der Waals surface area contributed by atoms with Gasteiger partial charge in [0.15, 0.2) is 0 Å². The van der Waals surface area contributed by atoms with Crippen LogP contribution < -0.4 is 9.64 Å². The first-order valence-corrected chi connectivity index (χ1v) is 8.36. The molecule has 5 nitrogen and oxygen atoms in total. The maximum absolute atomic E-state index is 13.9. The number of hydrogen-bond donors (Lipinski definition) is 0. The minimum Gasteiger partial charge on any atom is -0.480 e. The van der Waals surface area contributed by atoms with Gasteiger partial charge in [0.1, 0.15) is 17.4 Å². The normalized spacial score (nSPS) is 15.5. The Morgan fingerprint density at radius 2 is 2.04 bits per heavy atom. The summed E-state index contributed by atoms with van der Waals surface area (Å²) in [6.07, 6.45) is 2.61. The maximum atomic E-state index is 13.9. The van der Waals surface area contributed by atoms with Crippen molar-refractivity contribution in [3.05, 3.63) is 53.5 Å². The molecule has 0 aliphatic carbocycles. The summed E-state index contributed by atoms with van der Waals surface area (Å²) in [5.41, 5.74) is 2.04. The fraction of sp³-hybridized carbons (Fsp3) is 0.368. The molecule has 25 heavy (non-hydrogen) atoms. The number of hydrogen-bond acceptors (Lipinski definition) is 5. The summed E-state index contributed by atoms with van der Waals surface area (Å²) in [5.74, 6) is 0.196. The van der Waals surface area contributed by atoms with Crippen molar-refractivity contribution in [1.29, 1.82) is 5.26 Å². The van der Waals surface area contributed by atoms with E-state index in [1.165, 1.54) is 13.2 Å². The summed E-state index contributed by atoms with van der Waals surface area (Å²) in [4.78, 5) is 8.54. The Kier molecular flexibility index (Phi) is 5.46. The van der Waals surface area contributed by atoms with Gasteiger partial charge in [0.2, 0.25) is 5.88 Å². The first-order chi connectivity index (χ1) is 12.2. The van der Waals surface area contributed by atoms with Crippen LogP contribution in [0.15, 0.2) is 36.5 Å². The summed E-state index contributed by atoms with van der Waals surface area (Å²) >= 11 is 0. The number of benzene rings is 1. The number of halogens is 1. The van der Waals surface area contributed by atoms with Crippen molar-refractivity contribution in [3.8, 4) is 11.9 Å². The molecule has 0 spiro atoms. The molecule has 2 aromatic rings. The molecule has 6 heteroatoms. The van der Waals surface area contributed by atoms with Crippen LogP contribution in [0.3, 0.4) is 0 Å². The zero-order valence-electron chi connectivity index (χ0n) is 14.3. The van der Waals surface area contributed by atoms with Crippen molar-refractivity contribution >= 4 is 5.69 Å². The molecule has 130 valence electrons. The van der Waals surface area contributed by atoms with Gasteiger partial charge in [0.05, 0.1) is 12.8 Å². The van der Waals surface area contributed by atoms with Gasteiger partial charge in [-0.15, -0.1) is 0 Å². The van der Waals surface area contributed by atoms with E-state index in [0.717, 1.165) is 43.9 Å². The average molecular weight is 340 g/mol. The van der Waals surface area contributed by atoms with Crippen LogP contribution in [0.2, 0.25) is 0 Å². The quantitative estimate of drug-likeness (QED) is 0.857. The monoisotopic (exact) mass is 340 g/mol. The third-order valence-electron chi connectivity index (χ3n) is 4.48. The topological polar surface area (TPSA) is 52.4 Å². The lowest BCUT2D eigenvalue weighted by molar-refractivity contribution is 0.281. The fourth-order valence-corrected chi connectivity index (χ4v) is 3.19. The van der Waals surface area contributed by atoms with E-state index in [9.17, 15) is 9.65 Å². The Balaban J connectivity index is 1.72. The van der Waals surface area contributed by atoms with E-state index >= 15 is 0 Å². The third-order valence-corrected chi connectivity index (χ3v) is 4.48. The van der Waals surface area contributed by atoms with Gasteiger partial charge in [-0.25, -0.2) is 9.37 Å². The van der Waals surface area contributed by atoms with Gasteiger partial charge in [-0.1, -0.05) is 18.2 Å². The van der Waals surface area contributed by atoms with Gasteiger partial charge >= 0.3 is 0 Å². The zero-order valence-corrected chi connectivity index (χ0v) is 14.3. The lowest BCUT2D eigenvalue weighted by Crippen LogP contribution is -2.31. The molecule has 0 atom stereocenters. The summed E-state index contributed by atoms with van der Waals surface area (Å²) in [5, 5.41) is 9.46. The van der Waals surface area contributed by atoms with E-state index in [2.05, 4.69) is 20.9 Å². The fourth-order valence-electron chi connectivity index (χ4n) is 3.19. The Morgan fingerprint density at radius 1 is 1.20 bits per heavy atom. The highest BCUT2D eigenvalue weighted by molar-refractivity contribution is 5.63. The van der Waals surface area contributed by atoms with Crippen molar-refractivity contribution in [2.45, 2.75) is 13.0 Å². The molecule has 1 aliphatic heterocycles. The van der Waals surface area contributed by atoms with Crippen LogP contribution in [0.4, 0.5) is 10.1 Å². The molecule has 0 unspecified atom stereocenters. The number of aromatic nitrogens is 1. The molecule has 1 fully saturated rings. The highest BCUT2D eigenvalue weighted by Crippen LogP contribution is 2.27. The number of nitrogens with zero attached hydrogens (tertiary/aromatic N) is 4. The van der Waals surface area contributed by atoms with E-state index in [0.29, 0.717) is 18.0 Å². The van der Waals surface area contributed by atoms with Crippen LogP contribution in [-0.2, 0) is 6.54 Å². The lowest BCUT2D eigenvalue weighted by Gasteiger charge is -2.25. The van der Waals surface area contributed by atoms with Gasteiger partial charge < -0.3 is 9.64 Å². The molecule has 1 saturated heterocycles. The van der Waals surface area contributed by atoms with Gasteiger partial charge in [-0.2, -0.15) is 5.26 Å². The van der Waals surface area contributed by atoms with Crippen molar-refractivity contribution in [3.63, 3.8) is 0 Å². The molecular formula is C19H21FN4O. The predicted octanol–water partition coefficient (Wildman–Crippen LogP) is 2.81. The molecule has 2 heterocycles. The Bertz CT molecular complexity index is 774. The van der Waals surface area contributed by atoms with Crippen molar-refractivity contribution in [2.75, 3.05) is 38.2 Å². The molecule has 0 amide bonds. The van der Waals surface area contributed by atoms with Crippen molar-refractivity contribution < 1.29 is 9.13 Å². The lowest BCUT2D eigenvalue weighted by atomic mass is 10.2. The van der Waals surface area contributed by atoms with Crippen LogP contribution in [-0.4, -0.2) is 43.2 Å². The van der Waals surface area contributed by atoms with Crippen LogP contribution >= 0.6 is 0 Å². The van der Waals surface area contributed by atoms with Crippen LogP contribution in [0.5, 0.6) is 5.88 Å². The van der Waals surface area contributed by atoms with Gasteiger partial charge in [-0.05, 0) is 18.6 Å². The van der Waals surface area contributed by atoms with Crippen molar-refractivity contribution in [2.24, 2.45) is 0 Å². The number of methoxy groups -OCH3 is 1. The molecule has 1 aromatic carbocycles. The van der Waals surface area contributed by atoms with E-state index < -0.39 is 0 Å². The predicted molar refractivity (Wildman–Crippen MR) is 94.0 cm³/mol. The van der Waals surface area contributed by atoms with Crippen LogP contribution in [0, 0.1) is 17.1 Å². The van der Waals surface area contributed by atoms with Gasteiger partial charge in [-0.3, -0.25) is 4.90 Å². The second kappa shape index (κ2) is 7.95. The summed E-state index contributed by atoms with van der Waals surface area (Å²) in [7, 11) is 1.52. The van der Waals surface area contributed by atoms with E-state index in [4.69, 9.17) is 4.74 Å². The second-order valence-corrected chi connectivity index (χ2v) is 6.03. The van der Waals surface area contributed by atoms with E-state index in [1.54, 1.807) is 12.3 Å². The van der Waals surface area contributed by atoms with Gasteiger partial charge in [0.25, 0.3) is 0 Å². The highest BCUT2D eigenvalue weighted by atomic mass is 19.1. The van der Waals surface area contributed by atoms with E-state index in [-0.39, 0.29) is 5.82 Å². The minimum absolute atomic E-state index is 0.158. The van der Waals surface area contributed by atoms with Crippen molar-refractivity contribution in [1.82, 2.24) is 9.88 Å². The maximum Gasteiger partial charge on any atom is 0.233 e. The smallest absolute Gasteiger partial charge is 0.233 e. The molecule has 0 saturated carbocycles. The highest BCUT2D eigenvalue weighted by Gasteiger charge is 2.20. The Labute approximate surface area is 147 Å². The largest absolute Gasteiger partial charge is 0.480 e. The molecule has 0 radical (unpaired) electrons. The number of nitriles is 1. The number of anilines is 1. The zero-order chi connectivity index (χ0) is 17.6. The first-order valence-electron chi connectivity index (χ1n) is 8.36. The average Bonchev–Trinajstić information content (AvgIpc) is 2.88. The molecule has 0 N–H and O–H groups in total. The number of pyridine rings is 1. The molecule has 1 aromatic heterocycles. The summed E-state index contributed by atoms with van der Waals surface area (Å²) in [6, 6.07) is 11.0. The third kappa shape index (κ3) is 3.89. The summed E-state index contributed by atoms with van der Waals surface area (Å²) < 4.78 is 19.1. The van der Waals surface area contributed by atoms with E-state index in [1.807, 2.05) is 18.2 Å². The second-order valence-electron chi connectivity index (χ2n) is 6.03. The number of ether oxygens (including phenoxy) is 1. The first kappa shape index (κ1) is 17.2.